The van der Waals surface area contributed by atoms with Gasteiger partial charge >= 0.3 is 0 Å². The highest BCUT2D eigenvalue weighted by atomic mass is 35.5. The summed E-state index contributed by atoms with van der Waals surface area (Å²) >= 11 is 6.08. The number of hydrogen-bond acceptors (Lipinski definition) is 2. The van der Waals surface area contributed by atoms with Crippen LogP contribution in [0.3, 0.4) is 0 Å². The van der Waals surface area contributed by atoms with E-state index in [4.69, 9.17) is 11.6 Å². The number of nitrogens with zero attached hydrogens (tertiary/aromatic N) is 2. The number of aryl methyl sites for hydroxylation is 1. The third-order valence-corrected chi connectivity index (χ3v) is 2.91. The number of anilines is 1. The van der Waals surface area contributed by atoms with Gasteiger partial charge in [-0.15, -0.1) is 0 Å². The predicted octanol–water partition coefficient (Wildman–Crippen LogP) is 3.56. The minimum atomic E-state index is 0.691. The van der Waals surface area contributed by atoms with Crippen molar-refractivity contribution in [1.29, 1.82) is 0 Å². The van der Waals surface area contributed by atoms with Crippen molar-refractivity contribution in [3.63, 3.8) is 0 Å². The second kappa shape index (κ2) is 5.73. The van der Waals surface area contributed by atoms with Crippen molar-refractivity contribution in [3.8, 4) is 0 Å². The predicted molar refractivity (Wildman–Crippen MR) is 71.3 cm³/mol. The van der Waals surface area contributed by atoms with Crippen molar-refractivity contribution < 1.29 is 0 Å². The van der Waals surface area contributed by atoms with E-state index in [2.05, 4.69) is 21.8 Å². The Balaban J connectivity index is 2.02. The lowest BCUT2D eigenvalue weighted by atomic mass is 10.3. The summed E-state index contributed by atoms with van der Waals surface area (Å²) in [7, 11) is 0. The van der Waals surface area contributed by atoms with Crippen LogP contribution in [0.25, 0.3) is 0 Å². The number of rotatable bonds is 5. The quantitative estimate of drug-likeness (QED) is 0.878. The summed E-state index contributed by atoms with van der Waals surface area (Å²) in [6.07, 6.45) is 4.95. The van der Waals surface area contributed by atoms with Gasteiger partial charge in [0.1, 0.15) is 5.82 Å². The van der Waals surface area contributed by atoms with Crippen molar-refractivity contribution in [2.45, 2.75) is 26.4 Å². The highest BCUT2D eigenvalue weighted by Crippen LogP contribution is 2.20. The molecule has 4 heteroatoms. The van der Waals surface area contributed by atoms with Crippen LogP contribution in [0.5, 0.6) is 0 Å². The fourth-order valence-electron chi connectivity index (χ4n) is 1.73. The van der Waals surface area contributed by atoms with Crippen LogP contribution in [0, 0.1) is 0 Å². The lowest BCUT2D eigenvalue weighted by molar-refractivity contribution is 0.644. The van der Waals surface area contributed by atoms with E-state index < -0.39 is 0 Å². The van der Waals surface area contributed by atoms with Crippen molar-refractivity contribution in [2.24, 2.45) is 0 Å². The number of aromatic nitrogens is 2. The molecule has 1 aromatic heterocycles. The molecule has 1 N–H and O–H groups in total. The van der Waals surface area contributed by atoms with Crippen molar-refractivity contribution in [2.75, 3.05) is 5.32 Å². The van der Waals surface area contributed by atoms with Gasteiger partial charge in [-0.2, -0.15) is 0 Å². The molecule has 2 aromatic rings. The largest absolute Gasteiger partial charge is 0.377 e. The smallest absolute Gasteiger partial charge is 0.128 e. The third kappa shape index (κ3) is 3.01. The number of benzene rings is 1. The maximum Gasteiger partial charge on any atom is 0.128 e. The topological polar surface area (TPSA) is 29.9 Å². The lowest BCUT2D eigenvalue weighted by Gasteiger charge is -2.09. The van der Waals surface area contributed by atoms with Crippen LogP contribution in [-0.4, -0.2) is 9.55 Å². The van der Waals surface area contributed by atoms with E-state index >= 15 is 0 Å². The molecule has 0 spiro atoms. The van der Waals surface area contributed by atoms with Crippen LogP contribution in [-0.2, 0) is 13.1 Å². The third-order valence-electron chi connectivity index (χ3n) is 2.58. The second-order valence-electron chi connectivity index (χ2n) is 3.87. The molecule has 90 valence electrons. The van der Waals surface area contributed by atoms with Gasteiger partial charge in [0.15, 0.2) is 0 Å². The standard InChI is InChI=1S/C13H16ClN3/c1-2-8-17-9-7-15-13(17)10-16-12-6-4-3-5-11(12)14/h3-7,9,16H,2,8,10H2,1H3. The van der Waals surface area contributed by atoms with Gasteiger partial charge in [0, 0.05) is 18.9 Å². The summed E-state index contributed by atoms with van der Waals surface area (Å²) < 4.78 is 2.16. The average molecular weight is 250 g/mol. The minimum Gasteiger partial charge on any atom is -0.377 e. The van der Waals surface area contributed by atoms with E-state index in [1.165, 1.54) is 0 Å². The van der Waals surface area contributed by atoms with Crippen molar-refractivity contribution in [3.05, 3.63) is 47.5 Å². The average Bonchev–Trinajstić information content (AvgIpc) is 2.76. The normalized spacial score (nSPS) is 10.5. The van der Waals surface area contributed by atoms with E-state index in [0.717, 1.165) is 29.5 Å². The molecular weight excluding hydrogens is 234 g/mol. The molecule has 17 heavy (non-hydrogen) atoms. The van der Waals surface area contributed by atoms with Crippen LogP contribution in [0.1, 0.15) is 19.2 Å². The molecule has 0 amide bonds. The number of nitrogens with one attached hydrogen (secondary N) is 1. The van der Waals surface area contributed by atoms with Crippen LogP contribution in [0.2, 0.25) is 5.02 Å². The highest BCUT2D eigenvalue weighted by molar-refractivity contribution is 6.33. The maximum atomic E-state index is 6.08. The highest BCUT2D eigenvalue weighted by Gasteiger charge is 2.03. The van der Waals surface area contributed by atoms with E-state index in [1.54, 1.807) is 0 Å². The minimum absolute atomic E-state index is 0.691. The maximum absolute atomic E-state index is 6.08. The first kappa shape index (κ1) is 12.0. The molecule has 0 aliphatic heterocycles. The van der Waals surface area contributed by atoms with Gasteiger partial charge in [-0.05, 0) is 18.6 Å². The summed E-state index contributed by atoms with van der Waals surface area (Å²) in [4.78, 5) is 4.34. The molecule has 0 fully saturated rings. The van der Waals surface area contributed by atoms with Gasteiger partial charge in [-0.25, -0.2) is 4.98 Å². The van der Waals surface area contributed by atoms with Gasteiger partial charge in [0.05, 0.1) is 17.3 Å². The Morgan fingerprint density at radius 1 is 1.35 bits per heavy atom. The van der Waals surface area contributed by atoms with Crippen LogP contribution in [0.4, 0.5) is 5.69 Å². The Hall–Kier alpha value is -1.48. The van der Waals surface area contributed by atoms with Gasteiger partial charge in [-0.3, -0.25) is 0 Å². The van der Waals surface area contributed by atoms with Gasteiger partial charge in [0.25, 0.3) is 0 Å². The van der Waals surface area contributed by atoms with Crippen LogP contribution < -0.4 is 5.32 Å². The Bertz CT molecular complexity index is 479. The summed E-state index contributed by atoms with van der Waals surface area (Å²) in [5.41, 5.74) is 0.945. The molecule has 0 radical (unpaired) electrons. The zero-order valence-electron chi connectivity index (χ0n) is 9.86. The molecule has 0 aliphatic rings. The van der Waals surface area contributed by atoms with Gasteiger partial charge in [-0.1, -0.05) is 30.7 Å². The lowest BCUT2D eigenvalue weighted by Crippen LogP contribution is -2.08. The zero-order chi connectivity index (χ0) is 12.1. The first-order valence-corrected chi connectivity index (χ1v) is 6.17. The summed E-state index contributed by atoms with van der Waals surface area (Å²) in [6, 6.07) is 7.73. The molecule has 0 unspecified atom stereocenters. The zero-order valence-corrected chi connectivity index (χ0v) is 10.6. The first-order chi connectivity index (χ1) is 8.31. The summed E-state index contributed by atoms with van der Waals surface area (Å²) in [5.74, 6) is 1.03. The number of hydrogen-bond donors (Lipinski definition) is 1. The molecule has 3 nitrogen and oxygen atoms in total. The number of imidazole rings is 1. The Kier molecular flexibility index (Phi) is 4.04. The molecule has 2 rings (SSSR count). The van der Waals surface area contributed by atoms with E-state index in [0.29, 0.717) is 6.54 Å². The molecule has 0 bridgehead atoms. The Morgan fingerprint density at radius 3 is 2.94 bits per heavy atom. The van der Waals surface area contributed by atoms with Gasteiger partial charge in [0.2, 0.25) is 0 Å². The first-order valence-electron chi connectivity index (χ1n) is 5.79. The molecule has 1 aromatic carbocycles. The van der Waals surface area contributed by atoms with Crippen molar-refractivity contribution >= 4 is 17.3 Å². The molecule has 0 saturated carbocycles. The molecule has 1 heterocycles. The van der Waals surface area contributed by atoms with E-state index in [9.17, 15) is 0 Å². The van der Waals surface area contributed by atoms with Crippen LogP contribution in [0.15, 0.2) is 36.7 Å². The van der Waals surface area contributed by atoms with Gasteiger partial charge < -0.3 is 9.88 Å². The summed E-state index contributed by atoms with van der Waals surface area (Å²) in [5, 5.41) is 4.04. The second-order valence-corrected chi connectivity index (χ2v) is 4.28. The number of halogens is 1. The summed E-state index contributed by atoms with van der Waals surface area (Å²) in [6.45, 7) is 3.85. The SMILES string of the molecule is CCCn1ccnc1CNc1ccccc1Cl. The molecule has 0 atom stereocenters. The number of para-hydroxylation sites is 1. The van der Waals surface area contributed by atoms with Crippen molar-refractivity contribution in [1.82, 2.24) is 9.55 Å². The Labute approximate surface area is 106 Å². The molecular formula is C13H16ClN3. The van der Waals surface area contributed by atoms with E-state index in [-0.39, 0.29) is 0 Å². The monoisotopic (exact) mass is 249 g/mol. The van der Waals surface area contributed by atoms with E-state index in [1.807, 2.05) is 36.7 Å². The fraction of sp³-hybridized carbons (Fsp3) is 0.308. The molecule has 0 aliphatic carbocycles. The fourth-order valence-corrected chi connectivity index (χ4v) is 1.93. The Morgan fingerprint density at radius 2 is 2.18 bits per heavy atom. The molecule has 0 saturated heterocycles. The van der Waals surface area contributed by atoms with Crippen LogP contribution >= 0.6 is 11.6 Å².